The van der Waals surface area contributed by atoms with E-state index < -0.39 is 22.5 Å². The molecule has 0 spiro atoms. The van der Waals surface area contributed by atoms with Crippen LogP contribution in [-0.2, 0) is 16.6 Å². The number of ether oxygens (including phenoxy) is 2. The lowest BCUT2D eigenvalue weighted by atomic mass is 10.2. The smallest absolute Gasteiger partial charge is 0.387 e. The fourth-order valence-electron chi connectivity index (χ4n) is 1.97. The maximum absolute atomic E-state index is 12.3. The number of rotatable bonds is 8. The van der Waals surface area contributed by atoms with Gasteiger partial charge in [-0.05, 0) is 36.9 Å². The van der Waals surface area contributed by atoms with Crippen molar-refractivity contribution in [1.82, 2.24) is 10.0 Å². The number of amides is 1. The predicted molar refractivity (Wildman–Crippen MR) is 85.7 cm³/mol. The molecule has 1 aromatic carbocycles. The van der Waals surface area contributed by atoms with E-state index in [2.05, 4.69) is 14.8 Å². The lowest BCUT2D eigenvalue weighted by Crippen LogP contribution is -2.22. The van der Waals surface area contributed by atoms with Gasteiger partial charge in [-0.3, -0.25) is 4.79 Å². The zero-order chi connectivity index (χ0) is 19.3. The molecule has 8 nitrogen and oxygen atoms in total. The van der Waals surface area contributed by atoms with Gasteiger partial charge in [-0.15, -0.1) is 0 Å². The number of hydrogen-bond donors (Lipinski definition) is 2. The molecule has 1 heterocycles. The minimum atomic E-state index is -3.79. The summed E-state index contributed by atoms with van der Waals surface area (Å²) in [4.78, 5) is 12.0. The van der Waals surface area contributed by atoms with E-state index in [9.17, 15) is 22.0 Å². The van der Waals surface area contributed by atoms with Crippen LogP contribution < -0.4 is 19.5 Å². The van der Waals surface area contributed by atoms with Gasteiger partial charge in [0.15, 0.2) is 17.3 Å². The van der Waals surface area contributed by atoms with Gasteiger partial charge in [0.2, 0.25) is 5.09 Å². The lowest BCUT2D eigenvalue weighted by Gasteiger charge is -2.11. The molecule has 0 saturated carbocycles. The minimum Gasteiger partial charge on any atom is -0.493 e. The van der Waals surface area contributed by atoms with Gasteiger partial charge in [-0.2, -0.15) is 8.78 Å². The summed E-state index contributed by atoms with van der Waals surface area (Å²) < 4.78 is 64.1. The molecule has 1 aromatic heterocycles. The molecule has 0 aliphatic heterocycles. The standard InChI is InChI=1S/C15H16F2N2O6S/c1-18-26(21,22)13-6-5-11(24-13)14(20)19-8-9-3-4-10(25-15(16)17)12(7-9)23-2/h3-7,15,18H,8H2,1-2H3,(H,19,20). The van der Waals surface area contributed by atoms with Crippen LogP contribution in [0.5, 0.6) is 11.5 Å². The fourth-order valence-corrected chi connectivity index (χ4v) is 2.62. The van der Waals surface area contributed by atoms with Crippen molar-refractivity contribution in [1.29, 1.82) is 0 Å². The molecule has 2 aromatic rings. The molecule has 0 unspecified atom stereocenters. The molecule has 0 saturated heterocycles. The number of furan rings is 1. The highest BCUT2D eigenvalue weighted by molar-refractivity contribution is 7.89. The molecule has 0 radical (unpaired) electrons. The van der Waals surface area contributed by atoms with Crippen LogP contribution in [-0.4, -0.2) is 35.1 Å². The van der Waals surface area contributed by atoms with Gasteiger partial charge in [-0.1, -0.05) is 6.07 Å². The van der Waals surface area contributed by atoms with E-state index >= 15 is 0 Å². The number of sulfonamides is 1. The second-order valence-corrected chi connectivity index (χ2v) is 6.69. The van der Waals surface area contributed by atoms with Crippen LogP contribution in [0.4, 0.5) is 8.78 Å². The molecule has 2 N–H and O–H groups in total. The highest BCUT2D eigenvalue weighted by Gasteiger charge is 2.19. The Morgan fingerprint density at radius 2 is 1.96 bits per heavy atom. The van der Waals surface area contributed by atoms with Gasteiger partial charge in [0, 0.05) is 6.54 Å². The van der Waals surface area contributed by atoms with Crippen molar-refractivity contribution in [2.75, 3.05) is 14.2 Å². The topological polar surface area (TPSA) is 107 Å². The molecule has 0 fully saturated rings. The Morgan fingerprint density at radius 3 is 2.58 bits per heavy atom. The Morgan fingerprint density at radius 1 is 1.23 bits per heavy atom. The van der Waals surface area contributed by atoms with Crippen molar-refractivity contribution in [2.45, 2.75) is 18.2 Å². The van der Waals surface area contributed by atoms with E-state index in [0.29, 0.717) is 5.56 Å². The van der Waals surface area contributed by atoms with Gasteiger partial charge < -0.3 is 19.2 Å². The maximum atomic E-state index is 12.3. The highest BCUT2D eigenvalue weighted by Crippen LogP contribution is 2.29. The van der Waals surface area contributed by atoms with Gasteiger partial charge in [-0.25, -0.2) is 13.1 Å². The van der Waals surface area contributed by atoms with Gasteiger partial charge >= 0.3 is 6.61 Å². The number of hydrogen-bond acceptors (Lipinski definition) is 6. The Balaban J connectivity index is 2.05. The third kappa shape index (κ3) is 4.70. The highest BCUT2D eigenvalue weighted by atomic mass is 32.2. The van der Waals surface area contributed by atoms with Gasteiger partial charge in [0.05, 0.1) is 7.11 Å². The van der Waals surface area contributed by atoms with E-state index in [1.54, 1.807) is 0 Å². The molecule has 142 valence electrons. The first-order chi connectivity index (χ1) is 12.3. The predicted octanol–water partition coefficient (Wildman–Crippen LogP) is 1.73. The average Bonchev–Trinajstić information content (AvgIpc) is 3.11. The first-order valence-corrected chi connectivity index (χ1v) is 8.68. The van der Waals surface area contributed by atoms with Crippen LogP contribution >= 0.6 is 0 Å². The number of carbonyl (C=O) groups excluding carboxylic acids is 1. The molecule has 0 atom stereocenters. The molecular formula is C15H16F2N2O6S. The van der Waals surface area contributed by atoms with Gasteiger partial charge in [0.25, 0.3) is 15.9 Å². The van der Waals surface area contributed by atoms with Crippen LogP contribution in [0.3, 0.4) is 0 Å². The Labute approximate surface area is 148 Å². The van der Waals surface area contributed by atoms with E-state index in [1.165, 1.54) is 38.4 Å². The number of nitrogens with one attached hydrogen (secondary N) is 2. The first kappa shape index (κ1) is 19.7. The van der Waals surface area contributed by atoms with E-state index in [-0.39, 0.29) is 28.9 Å². The summed E-state index contributed by atoms with van der Waals surface area (Å²) in [6.45, 7) is -2.96. The monoisotopic (exact) mass is 390 g/mol. The average molecular weight is 390 g/mol. The van der Waals surface area contributed by atoms with Gasteiger partial charge in [0.1, 0.15) is 0 Å². The molecule has 0 aliphatic rings. The van der Waals surface area contributed by atoms with E-state index in [0.717, 1.165) is 6.07 Å². The molecule has 26 heavy (non-hydrogen) atoms. The molecule has 0 aliphatic carbocycles. The van der Waals surface area contributed by atoms with Crippen molar-refractivity contribution in [3.05, 3.63) is 41.7 Å². The third-order valence-electron chi connectivity index (χ3n) is 3.24. The summed E-state index contributed by atoms with van der Waals surface area (Å²) in [6.07, 6.45) is 0. The summed E-state index contributed by atoms with van der Waals surface area (Å²) in [5, 5.41) is 2.13. The summed E-state index contributed by atoms with van der Waals surface area (Å²) in [6, 6.07) is 6.56. The Bertz CT molecular complexity index is 882. The van der Waals surface area contributed by atoms with Crippen LogP contribution in [0.15, 0.2) is 39.8 Å². The quantitative estimate of drug-likeness (QED) is 0.711. The summed E-state index contributed by atoms with van der Waals surface area (Å²) in [7, 11) is -1.28. The normalized spacial score (nSPS) is 11.4. The van der Waals surface area contributed by atoms with Crippen molar-refractivity contribution < 1.29 is 35.9 Å². The van der Waals surface area contributed by atoms with Crippen molar-refractivity contribution in [3.8, 4) is 11.5 Å². The number of carbonyl (C=O) groups is 1. The van der Waals surface area contributed by atoms with E-state index in [1.807, 2.05) is 0 Å². The summed E-state index contributed by atoms with van der Waals surface area (Å²) in [5.74, 6) is -0.888. The van der Waals surface area contributed by atoms with Crippen LogP contribution in [0, 0.1) is 0 Å². The molecule has 2 rings (SSSR count). The minimum absolute atomic E-state index is 0.0267. The summed E-state index contributed by atoms with van der Waals surface area (Å²) in [5.41, 5.74) is 0.548. The maximum Gasteiger partial charge on any atom is 0.387 e. The van der Waals surface area contributed by atoms with Crippen molar-refractivity contribution in [3.63, 3.8) is 0 Å². The zero-order valence-electron chi connectivity index (χ0n) is 13.8. The number of benzene rings is 1. The molecular weight excluding hydrogens is 374 g/mol. The lowest BCUT2D eigenvalue weighted by molar-refractivity contribution is -0.0512. The molecule has 0 bridgehead atoms. The van der Waals surface area contributed by atoms with Crippen molar-refractivity contribution >= 4 is 15.9 Å². The third-order valence-corrected chi connectivity index (χ3v) is 4.52. The number of halogens is 2. The van der Waals surface area contributed by atoms with E-state index in [4.69, 9.17) is 9.15 Å². The Hall–Kier alpha value is -2.66. The zero-order valence-corrected chi connectivity index (χ0v) is 14.6. The second-order valence-electron chi connectivity index (χ2n) is 4.87. The molecule has 11 heteroatoms. The SMILES string of the molecule is CNS(=O)(=O)c1ccc(C(=O)NCc2ccc(OC(F)F)c(OC)c2)o1. The summed E-state index contributed by atoms with van der Waals surface area (Å²) >= 11 is 0. The largest absolute Gasteiger partial charge is 0.493 e. The number of methoxy groups -OCH3 is 1. The van der Waals surface area contributed by atoms with Crippen LogP contribution in [0.25, 0.3) is 0 Å². The Kier molecular flexibility index (Phi) is 6.16. The first-order valence-electron chi connectivity index (χ1n) is 7.20. The van der Waals surface area contributed by atoms with Crippen LogP contribution in [0.2, 0.25) is 0 Å². The number of alkyl halides is 2. The van der Waals surface area contributed by atoms with Crippen LogP contribution in [0.1, 0.15) is 16.1 Å². The van der Waals surface area contributed by atoms with Crippen molar-refractivity contribution in [2.24, 2.45) is 0 Å². The second kappa shape index (κ2) is 8.15. The molecule has 1 amide bonds. The fraction of sp³-hybridized carbons (Fsp3) is 0.267.